The van der Waals surface area contributed by atoms with Gasteiger partial charge in [0.15, 0.2) is 17.5 Å². The van der Waals surface area contributed by atoms with Crippen molar-refractivity contribution < 1.29 is 0 Å². The van der Waals surface area contributed by atoms with E-state index in [1.165, 1.54) is 61.2 Å². The van der Waals surface area contributed by atoms with Crippen LogP contribution in [0.2, 0.25) is 0 Å². The van der Waals surface area contributed by atoms with Crippen LogP contribution in [-0.4, -0.2) is 15.0 Å². The van der Waals surface area contributed by atoms with Gasteiger partial charge in [0.2, 0.25) is 0 Å². The third-order valence-electron chi connectivity index (χ3n) is 11.8. The predicted molar refractivity (Wildman–Crippen MR) is 222 cm³/mol. The van der Waals surface area contributed by atoms with Gasteiger partial charge in [-0.2, -0.15) is 0 Å². The maximum atomic E-state index is 5.05. The third kappa shape index (κ3) is 4.99. The Hall–Kier alpha value is -6.45. The second-order valence-corrected chi connectivity index (χ2v) is 15.7. The Morgan fingerprint density at radius 1 is 0.296 bits per heavy atom. The van der Waals surface area contributed by atoms with Crippen molar-refractivity contribution in [3.05, 3.63) is 186 Å². The molecule has 2 aliphatic carbocycles. The third-order valence-corrected chi connectivity index (χ3v) is 11.8. The largest absolute Gasteiger partial charge is 0.208 e. The van der Waals surface area contributed by atoms with Gasteiger partial charge in [0.05, 0.1) is 0 Å². The molecule has 0 spiro atoms. The molecule has 0 unspecified atom stereocenters. The van der Waals surface area contributed by atoms with Gasteiger partial charge in [-0.05, 0) is 78.9 Å². The van der Waals surface area contributed by atoms with Crippen LogP contribution in [0.3, 0.4) is 0 Å². The summed E-state index contributed by atoms with van der Waals surface area (Å²) in [5.41, 5.74) is 18.5. The first-order chi connectivity index (χ1) is 26.3. The first-order valence-electron chi connectivity index (χ1n) is 18.8. The van der Waals surface area contributed by atoms with Crippen LogP contribution < -0.4 is 0 Å². The Morgan fingerprint density at radius 3 is 1.33 bits per heavy atom. The van der Waals surface area contributed by atoms with Gasteiger partial charge in [0.1, 0.15) is 0 Å². The van der Waals surface area contributed by atoms with E-state index >= 15 is 0 Å². The number of fused-ring (bicyclic) bond motifs is 6. The average Bonchev–Trinajstić information content (AvgIpc) is 3.60. The SMILES string of the molecule is CC1(C)c2ccccc2-c2cc3c(cc21)-c1c(-c2ccc(-c4nc(-c5ccccc5)nc(-c5ccc(-c6ccccc6)cc5)n4)cc2)cccc1C3(C)C. The Kier molecular flexibility index (Phi) is 7.19. The van der Waals surface area contributed by atoms with Crippen molar-refractivity contribution in [2.75, 3.05) is 0 Å². The smallest absolute Gasteiger partial charge is 0.164 e. The lowest BCUT2D eigenvalue weighted by Gasteiger charge is -2.24. The topological polar surface area (TPSA) is 38.7 Å². The Morgan fingerprint density at radius 2 is 0.704 bits per heavy atom. The molecule has 0 N–H and O–H groups in total. The van der Waals surface area contributed by atoms with Gasteiger partial charge in [-0.1, -0.05) is 179 Å². The Balaban J connectivity index is 1.05. The van der Waals surface area contributed by atoms with Crippen molar-refractivity contribution in [2.45, 2.75) is 38.5 Å². The van der Waals surface area contributed by atoms with Crippen LogP contribution in [0.4, 0.5) is 0 Å². The maximum Gasteiger partial charge on any atom is 0.164 e. The second-order valence-electron chi connectivity index (χ2n) is 15.7. The van der Waals surface area contributed by atoms with Crippen molar-refractivity contribution in [1.29, 1.82) is 0 Å². The van der Waals surface area contributed by atoms with E-state index in [1.807, 2.05) is 24.3 Å². The molecular weight excluding hydrogens is 655 g/mol. The van der Waals surface area contributed by atoms with Crippen LogP contribution in [0.1, 0.15) is 49.9 Å². The van der Waals surface area contributed by atoms with E-state index in [4.69, 9.17) is 15.0 Å². The zero-order valence-electron chi connectivity index (χ0n) is 30.9. The molecular formula is C51H39N3. The van der Waals surface area contributed by atoms with E-state index < -0.39 is 0 Å². The lowest BCUT2D eigenvalue weighted by Crippen LogP contribution is -2.16. The lowest BCUT2D eigenvalue weighted by atomic mass is 9.79. The molecule has 0 amide bonds. The summed E-state index contributed by atoms with van der Waals surface area (Å²) in [7, 11) is 0. The van der Waals surface area contributed by atoms with Crippen molar-refractivity contribution >= 4 is 0 Å². The molecule has 1 aromatic heterocycles. The van der Waals surface area contributed by atoms with Gasteiger partial charge in [-0.3, -0.25) is 0 Å². The minimum atomic E-state index is -0.119. The van der Waals surface area contributed by atoms with Gasteiger partial charge in [-0.15, -0.1) is 0 Å². The lowest BCUT2D eigenvalue weighted by molar-refractivity contribution is 0.652. The van der Waals surface area contributed by atoms with E-state index in [2.05, 4.69) is 167 Å². The molecule has 0 saturated carbocycles. The van der Waals surface area contributed by atoms with Gasteiger partial charge in [-0.25, -0.2) is 15.0 Å². The molecule has 2 aliphatic rings. The fraction of sp³-hybridized carbons (Fsp3) is 0.118. The monoisotopic (exact) mass is 693 g/mol. The molecule has 0 fully saturated rings. The summed E-state index contributed by atoms with van der Waals surface area (Å²) in [4.78, 5) is 15.0. The molecule has 0 bridgehead atoms. The van der Waals surface area contributed by atoms with Crippen LogP contribution in [0.15, 0.2) is 164 Å². The second kappa shape index (κ2) is 12.0. The first kappa shape index (κ1) is 32.2. The summed E-state index contributed by atoms with van der Waals surface area (Å²) in [6, 6.07) is 58.6. The van der Waals surface area contributed by atoms with Crippen LogP contribution in [0, 0.1) is 0 Å². The molecule has 0 radical (unpaired) electrons. The van der Waals surface area contributed by atoms with Gasteiger partial charge in [0.25, 0.3) is 0 Å². The summed E-state index contributed by atoms with van der Waals surface area (Å²) in [6.45, 7) is 9.48. The molecule has 10 rings (SSSR count). The van der Waals surface area contributed by atoms with Gasteiger partial charge in [0, 0.05) is 27.5 Å². The molecule has 3 heteroatoms. The normalized spacial score (nSPS) is 14.2. The van der Waals surface area contributed by atoms with E-state index in [0.717, 1.165) is 22.3 Å². The molecule has 8 aromatic rings. The molecule has 1 heterocycles. The van der Waals surface area contributed by atoms with Crippen molar-refractivity contribution in [2.24, 2.45) is 0 Å². The van der Waals surface area contributed by atoms with Gasteiger partial charge >= 0.3 is 0 Å². The standard InChI is InChI=1S/C51H39N3/c1-50(2)42-20-12-11-18-39(42)40-30-45-41(31-44(40)50)46-38(19-13-21-43(46)51(45,3)4)34-24-28-37(29-25-34)49-53-47(35-16-9-6-10-17-35)52-48(54-49)36-26-22-33(23-27-36)32-14-7-5-8-15-32/h5-31H,1-4H3. The highest BCUT2D eigenvalue weighted by Gasteiger charge is 2.42. The minimum absolute atomic E-state index is 0.0592. The average molecular weight is 694 g/mol. The van der Waals surface area contributed by atoms with Crippen LogP contribution in [-0.2, 0) is 10.8 Å². The molecule has 7 aromatic carbocycles. The van der Waals surface area contributed by atoms with E-state index in [9.17, 15) is 0 Å². The summed E-state index contributed by atoms with van der Waals surface area (Å²) in [5.74, 6) is 1.96. The van der Waals surface area contributed by atoms with Crippen LogP contribution in [0.25, 0.3) is 78.7 Å². The number of aromatic nitrogens is 3. The Labute approximate surface area is 317 Å². The molecule has 0 aliphatic heterocycles. The molecule has 54 heavy (non-hydrogen) atoms. The zero-order valence-corrected chi connectivity index (χ0v) is 30.9. The highest BCUT2D eigenvalue weighted by molar-refractivity contribution is 5.96. The summed E-state index contributed by atoms with van der Waals surface area (Å²) in [6.07, 6.45) is 0. The van der Waals surface area contributed by atoms with E-state index in [-0.39, 0.29) is 10.8 Å². The maximum absolute atomic E-state index is 5.05. The summed E-state index contributed by atoms with van der Waals surface area (Å²) < 4.78 is 0. The zero-order chi connectivity index (χ0) is 36.6. The van der Waals surface area contributed by atoms with Crippen molar-refractivity contribution in [3.8, 4) is 78.7 Å². The summed E-state index contributed by atoms with van der Waals surface area (Å²) >= 11 is 0. The quantitative estimate of drug-likeness (QED) is 0.180. The van der Waals surface area contributed by atoms with E-state index in [0.29, 0.717) is 17.5 Å². The number of nitrogens with zero attached hydrogens (tertiary/aromatic N) is 3. The van der Waals surface area contributed by atoms with Crippen LogP contribution >= 0.6 is 0 Å². The number of hydrogen-bond acceptors (Lipinski definition) is 3. The first-order valence-corrected chi connectivity index (χ1v) is 18.8. The van der Waals surface area contributed by atoms with E-state index in [1.54, 1.807) is 0 Å². The summed E-state index contributed by atoms with van der Waals surface area (Å²) in [5, 5.41) is 0. The van der Waals surface area contributed by atoms with Crippen molar-refractivity contribution in [3.63, 3.8) is 0 Å². The van der Waals surface area contributed by atoms with Crippen molar-refractivity contribution in [1.82, 2.24) is 15.0 Å². The molecule has 3 nitrogen and oxygen atoms in total. The number of rotatable bonds is 5. The van der Waals surface area contributed by atoms with Gasteiger partial charge < -0.3 is 0 Å². The molecule has 0 saturated heterocycles. The highest BCUT2D eigenvalue weighted by atomic mass is 15.0. The number of hydrogen-bond donors (Lipinski definition) is 0. The predicted octanol–water partition coefficient (Wildman–Crippen LogP) is 12.8. The van der Waals surface area contributed by atoms with Crippen LogP contribution in [0.5, 0.6) is 0 Å². The number of benzene rings is 7. The molecule has 258 valence electrons. The fourth-order valence-electron chi connectivity index (χ4n) is 8.81. The molecule has 0 atom stereocenters. The fourth-order valence-corrected chi connectivity index (χ4v) is 8.81. The Bertz CT molecular complexity index is 2730. The highest BCUT2D eigenvalue weighted by Crippen LogP contribution is 2.57. The minimum Gasteiger partial charge on any atom is -0.208 e.